The molecular formula is C24H27IN2O4. The smallest absolute Gasteiger partial charge is 0.329 e. The number of aliphatic carboxylic acids is 1. The van der Waals surface area contributed by atoms with Crippen LogP contribution in [0, 0.1) is 6.92 Å². The first-order chi connectivity index (χ1) is 14.9. The monoisotopic (exact) mass is 534 g/mol. The van der Waals surface area contributed by atoms with Crippen LogP contribution in [0.5, 0.6) is 0 Å². The van der Waals surface area contributed by atoms with E-state index in [2.05, 4.69) is 42.2 Å². The van der Waals surface area contributed by atoms with Gasteiger partial charge in [-0.1, -0.05) is 65.6 Å². The predicted octanol–water partition coefficient (Wildman–Crippen LogP) is 4.64. The molecule has 0 saturated carbocycles. The van der Waals surface area contributed by atoms with Crippen molar-refractivity contribution in [2.45, 2.75) is 31.8 Å². The fourth-order valence-electron chi connectivity index (χ4n) is 4.26. The van der Waals surface area contributed by atoms with Gasteiger partial charge in [0.25, 0.3) is 0 Å². The Kier molecular flexibility index (Phi) is 7.72. The van der Waals surface area contributed by atoms with Crippen LogP contribution in [0.2, 0.25) is 0 Å². The molecule has 2 aromatic carbocycles. The van der Waals surface area contributed by atoms with Crippen LogP contribution in [-0.4, -0.2) is 38.4 Å². The Balaban J connectivity index is 2.15. The van der Waals surface area contributed by atoms with Crippen molar-refractivity contribution in [1.29, 1.82) is 0 Å². The number of alkyl halides is 1. The van der Waals surface area contributed by atoms with Crippen LogP contribution in [0.3, 0.4) is 0 Å². The van der Waals surface area contributed by atoms with E-state index >= 15 is 0 Å². The molecule has 0 fully saturated rings. The van der Waals surface area contributed by atoms with Gasteiger partial charge in [-0.05, 0) is 35.7 Å². The second-order valence-corrected chi connectivity index (χ2v) is 8.47. The first-order valence-electron chi connectivity index (χ1n) is 10.1. The molecule has 0 aliphatic heterocycles. The van der Waals surface area contributed by atoms with Crippen molar-refractivity contribution in [3.8, 4) is 0 Å². The molecule has 0 aliphatic rings. The van der Waals surface area contributed by atoms with Crippen LogP contribution in [-0.2, 0) is 16.1 Å². The number of carboxylic acids is 1. The third-order valence-electron chi connectivity index (χ3n) is 5.58. The standard InChI is InChI=1S/C24H27IN2O4/c1-4-17-9-7-8-16(2)23(17)18(13-25)14-26-20-10-5-6-11-21(20)27(24(26)30)19(15-31-3)12-22(28)29/h4-11,18-19H,1,12-15H2,2-3H3,(H,28,29). The summed E-state index contributed by atoms with van der Waals surface area (Å²) in [4.78, 5) is 25.0. The van der Waals surface area contributed by atoms with Gasteiger partial charge in [-0.3, -0.25) is 13.9 Å². The number of carboxylic acid groups (broad SMARTS) is 1. The zero-order chi connectivity index (χ0) is 22.5. The van der Waals surface area contributed by atoms with Crippen LogP contribution in [0.25, 0.3) is 17.1 Å². The van der Waals surface area contributed by atoms with Crippen LogP contribution in [0.1, 0.15) is 35.1 Å². The normalized spacial score (nSPS) is 13.3. The van der Waals surface area contributed by atoms with Gasteiger partial charge in [0.15, 0.2) is 0 Å². The van der Waals surface area contributed by atoms with Crippen LogP contribution >= 0.6 is 22.6 Å². The number of rotatable bonds is 10. The molecule has 0 radical (unpaired) electrons. The average Bonchev–Trinajstić information content (AvgIpc) is 3.02. The molecule has 2 atom stereocenters. The largest absolute Gasteiger partial charge is 0.481 e. The summed E-state index contributed by atoms with van der Waals surface area (Å²) in [6.07, 6.45) is 1.67. The van der Waals surface area contributed by atoms with Crippen LogP contribution in [0.15, 0.2) is 53.8 Å². The second-order valence-electron chi connectivity index (χ2n) is 7.59. The average molecular weight is 534 g/mol. The first-order valence-corrected chi connectivity index (χ1v) is 11.6. The lowest BCUT2D eigenvalue weighted by Gasteiger charge is -2.20. The van der Waals surface area contributed by atoms with E-state index < -0.39 is 12.0 Å². The highest BCUT2D eigenvalue weighted by Gasteiger charge is 2.25. The van der Waals surface area contributed by atoms with E-state index in [1.807, 2.05) is 42.5 Å². The lowest BCUT2D eigenvalue weighted by Crippen LogP contribution is -2.32. The van der Waals surface area contributed by atoms with Gasteiger partial charge in [-0.15, -0.1) is 0 Å². The van der Waals surface area contributed by atoms with Crippen LogP contribution < -0.4 is 5.69 Å². The summed E-state index contributed by atoms with van der Waals surface area (Å²) in [6, 6.07) is 13.1. The van der Waals surface area contributed by atoms with Gasteiger partial charge >= 0.3 is 11.7 Å². The minimum absolute atomic E-state index is 0.104. The van der Waals surface area contributed by atoms with Crippen molar-refractivity contribution in [2.75, 3.05) is 18.1 Å². The second kappa shape index (κ2) is 10.3. The van der Waals surface area contributed by atoms with E-state index in [9.17, 15) is 14.7 Å². The number of aromatic nitrogens is 2. The van der Waals surface area contributed by atoms with Gasteiger partial charge in [0.1, 0.15) is 0 Å². The zero-order valence-electron chi connectivity index (χ0n) is 17.8. The molecule has 0 saturated heterocycles. The minimum Gasteiger partial charge on any atom is -0.481 e. The third-order valence-corrected chi connectivity index (χ3v) is 6.64. The van der Waals surface area contributed by atoms with Gasteiger partial charge in [0, 0.05) is 24.0 Å². The molecule has 6 nitrogen and oxygen atoms in total. The quantitative estimate of drug-likeness (QED) is 0.304. The van der Waals surface area contributed by atoms with Gasteiger partial charge < -0.3 is 9.84 Å². The van der Waals surface area contributed by atoms with E-state index in [0.29, 0.717) is 6.54 Å². The number of benzene rings is 2. The Bertz CT molecular complexity index is 1150. The summed E-state index contributed by atoms with van der Waals surface area (Å²) in [6.45, 7) is 6.67. The molecule has 3 aromatic rings. The number of ether oxygens (including phenoxy) is 1. The summed E-state index contributed by atoms with van der Waals surface area (Å²) in [5.74, 6) is -0.862. The highest BCUT2D eigenvalue weighted by Crippen LogP contribution is 2.30. The molecule has 1 N–H and O–H groups in total. The van der Waals surface area contributed by atoms with Crippen LogP contribution in [0.4, 0.5) is 0 Å². The van der Waals surface area contributed by atoms with Gasteiger partial charge in [-0.25, -0.2) is 4.79 Å². The Hall–Kier alpha value is -2.39. The molecule has 2 unspecified atom stereocenters. The number of hydrogen-bond acceptors (Lipinski definition) is 3. The maximum atomic E-state index is 13.6. The van der Waals surface area contributed by atoms with Gasteiger partial charge in [0.2, 0.25) is 0 Å². The molecule has 0 spiro atoms. The van der Waals surface area contributed by atoms with Crippen molar-refractivity contribution >= 4 is 45.7 Å². The minimum atomic E-state index is -0.966. The molecule has 164 valence electrons. The molecule has 1 aromatic heterocycles. The number of aryl methyl sites for hydroxylation is 1. The van der Waals surface area contributed by atoms with Gasteiger partial charge in [-0.2, -0.15) is 0 Å². The maximum absolute atomic E-state index is 13.6. The number of fused-ring (bicyclic) bond motifs is 1. The molecule has 31 heavy (non-hydrogen) atoms. The lowest BCUT2D eigenvalue weighted by molar-refractivity contribution is -0.138. The van der Waals surface area contributed by atoms with E-state index in [1.165, 1.54) is 18.2 Å². The van der Waals surface area contributed by atoms with Crippen molar-refractivity contribution in [2.24, 2.45) is 0 Å². The van der Waals surface area contributed by atoms with E-state index in [-0.39, 0.29) is 24.6 Å². The zero-order valence-corrected chi connectivity index (χ0v) is 19.9. The summed E-state index contributed by atoms with van der Waals surface area (Å²) in [5.41, 5.74) is 4.72. The summed E-state index contributed by atoms with van der Waals surface area (Å²) in [5, 5.41) is 9.37. The number of imidazole rings is 1. The topological polar surface area (TPSA) is 73.5 Å². The molecule has 3 rings (SSSR count). The molecule has 1 heterocycles. The highest BCUT2D eigenvalue weighted by atomic mass is 127. The fourth-order valence-corrected chi connectivity index (χ4v) is 4.98. The molecular weight excluding hydrogens is 507 g/mol. The number of halogens is 1. The molecule has 0 aliphatic carbocycles. The lowest BCUT2D eigenvalue weighted by atomic mass is 9.91. The number of carbonyl (C=O) groups is 1. The highest BCUT2D eigenvalue weighted by molar-refractivity contribution is 14.1. The fraction of sp³-hybridized carbons (Fsp3) is 0.333. The Labute approximate surface area is 195 Å². The SMILES string of the molecule is C=Cc1cccc(C)c1C(CI)Cn1c(=O)n(C(COC)CC(=O)O)c2ccccc21. The number of nitrogens with zero attached hydrogens (tertiary/aromatic N) is 2. The van der Waals surface area contributed by atoms with Crippen molar-refractivity contribution in [3.63, 3.8) is 0 Å². The summed E-state index contributed by atoms with van der Waals surface area (Å²) >= 11 is 2.36. The molecule has 7 heteroatoms. The van der Waals surface area contributed by atoms with Crippen molar-refractivity contribution < 1.29 is 14.6 Å². The third kappa shape index (κ3) is 4.77. The maximum Gasteiger partial charge on any atom is 0.329 e. The molecule has 0 bridgehead atoms. The molecule has 0 amide bonds. The number of hydrogen-bond donors (Lipinski definition) is 1. The predicted molar refractivity (Wildman–Crippen MR) is 132 cm³/mol. The van der Waals surface area contributed by atoms with Crippen molar-refractivity contribution in [1.82, 2.24) is 9.13 Å². The Morgan fingerprint density at radius 2 is 1.94 bits per heavy atom. The van der Waals surface area contributed by atoms with E-state index in [0.717, 1.165) is 21.0 Å². The summed E-state index contributed by atoms with van der Waals surface area (Å²) < 4.78 is 9.41. The first kappa shape index (κ1) is 23.3. The Morgan fingerprint density at radius 1 is 1.23 bits per heavy atom. The Morgan fingerprint density at radius 3 is 2.55 bits per heavy atom. The van der Waals surface area contributed by atoms with E-state index in [4.69, 9.17) is 4.74 Å². The number of para-hydroxylation sites is 2. The number of methoxy groups -OCH3 is 1. The van der Waals surface area contributed by atoms with E-state index in [1.54, 1.807) is 9.13 Å². The van der Waals surface area contributed by atoms with Crippen molar-refractivity contribution in [3.05, 3.63) is 76.2 Å². The summed E-state index contributed by atoms with van der Waals surface area (Å²) in [7, 11) is 1.51. The van der Waals surface area contributed by atoms with Gasteiger partial charge in [0.05, 0.1) is 30.1 Å².